The molecular weight excluding hydrogens is 284 g/mol. The molecule has 1 saturated carbocycles. The molecule has 2 fully saturated rings. The lowest BCUT2D eigenvalue weighted by Gasteiger charge is -2.22. The van der Waals surface area contributed by atoms with E-state index in [4.69, 9.17) is 0 Å². The number of hydrogen-bond acceptors (Lipinski definition) is 2. The zero-order valence-corrected chi connectivity index (χ0v) is 13.6. The van der Waals surface area contributed by atoms with Gasteiger partial charge in [0.2, 0.25) is 0 Å². The van der Waals surface area contributed by atoms with Crippen LogP contribution in [0.1, 0.15) is 29.6 Å². The van der Waals surface area contributed by atoms with Crippen LogP contribution in [0.15, 0.2) is 42.5 Å². The van der Waals surface area contributed by atoms with Crippen molar-refractivity contribution in [1.29, 1.82) is 0 Å². The third-order valence-electron chi connectivity index (χ3n) is 5.09. The van der Waals surface area contributed by atoms with E-state index in [2.05, 4.69) is 23.1 Å². The van der Waals surface area contributed by atoms with E-state index in [0.717, 1.165) is 49.5 Å². The average Bonchev–Trinajstić information content (AvgIpc) is 3.42. The summed E-state index contributed by atoms with van der Waals surface area (Å²) in [7, 11) is 0. The molecule has 120 valence electrons. The van der Waals surface area contributed by atoms with Crippen LogP contribution in [-0.2, 0) is 0 Å². The van der Waals surface area contributed by atoms with Crippen LogP contribution < -0.4 is 0 Å². The van der Waals surface area contributed by atoms with E-state index in [9.17, 15) is 4.79 Å². The van der Waals surface area contributed by atoms with Crippen molar-refractivity contribution in [2.75, 3.05) is 32.7 Å². The molecule has 23 heavy (non-hydrogen) atoms. The van der Waals surface area contributed by atoms with Crippen molar-refractivity contribution in [3.63, 3.8) is 0 Å². The van der Waals surface area contributed by atoms with E-state index < -0.39 is 0 Å². The van der Waals surface area contributed by atoms with Crippen molar-refractivity contribution >= 4 is 16.7 Å². The van der Waals surface area contributed by atoms with Crippen molar-refractivity contribution in [2.45, 2.75) is 19.3 Å². The minimum Gasteiger partial charge on any atom is -0.337 e. The molecular formula is C20H24N2O. The Balaban J connectivity index is 1.46. The minimum atomic E-state index is 0.184. The summed E-state index contributed by atoms with van der Waals surface area (Å²) in [4.78, 5) is 17.4. The summed E-state index contributed by atoms with van der Waals surface area (Å²) in [6.45, 7) is 5.14. The number of rotatable bonds is 3. The molecule has 1 amide bonds. The Hall–Kier alpha value is -1.87. The lowest BCUT2D eigenvalue weighted by atomic mass is 10.1. The summed E-state index contributed by atoms with van der Waals surface area (Å²) in [6.07, 6.45) is 3.89. The Bertz CT molecular complexity index is 708. The zero-order chi connectivity index (χ0) is 15.6. The van der Waals surface area contributed by atoms with E-state index in [1.54, 1.807) is 0 Å². The molecule has 0 N–H and O–H groups in total. The number of fused-ring (bicyclic) bond motifs is 1. The molecule has 2 aromatic rings. The summed E-state index contributed by atoms with van der Waals surface area (Å²) in [6, 6.07) is 14.3. The molecule has 1 heterocycles. The molecule has 0 bridgehead atoms. The van der Waals surface area contributed by atoms with Crippen molar-refractivity contribution in [2.24, 2.45) is 5.92 Å². The number of amides is 1. The molecule has 1 saturated heterocycles. The van der Waals surface area contributed by atoms with Gasteiger partial charge in [-0.1, -0.05) is 30.3 Å². The van der Waals surface area contributed by atoms with Crippen LogP contribution in [0.2, 0.25) is 0 Å². The van der Waals surface area contributed by atoms with Gasteiger partial charge in [0.05, 0.1) is 0 Å². The smallest absolute Gasteiger partial charge is 0.253 e. The highest BCUT2D eigenvalue weighted by atomic mass is 16.2. The van der Waals surface area contributed by atoms with Gasteiger partial charge >= 0.3 is 0 Å². The molecule has 0 unspecified atom stereocenters. The van der Waals surface area contributed by atoms with Crippen LogP contribution in [0.5, 0.6) is 0 Å². The summed E-state index contributed by atoms with van der Waals surface area (Å²) >= 11 is 0. The summed E-state index contributed by atoms with van der Waals surface area (Å²) in [5, 5.41) is 2.33. The van der Waals surface area contributed by atoms with Gasteiger partial charge in [0.25, 0.3) is 5.91 Å². The monoisotopic (exact) mass is 308 g/mol. The molecule has 2 aromatic carbocycles. The van der Waals surface area contributed by atoms with Crippen LogP contribution in [0.4, 0.5) is 0 Å². The van der Waals surface area contributed by atoms with Gasteiger partial charge in [-0.15, -0.1) is 0 Å². The fourth-order valence-electron chi connectivity index (χ4n) is 3.53. The first kappa shape index (κ1) is 14.7. The van der Waals surface area contributed by atoms with Gasteiger partial charge in [-0.05, 0) is 54.6 Å². The van der Waals surface area contributed by atoms with E-state index in [-0.39, 0.29) is 5.91 Å². The first-order valence-electron chi connectivity index (χ1n) is 8.80. The standard InChI is InChI=1S/C20H24N2O/c23-20(19-9-8-17-4-1-2-5-18(17)14-19)22-11-3-10-21(12-13-22)15-16-6-7-16/h1-2,4-5,8-9,14,16H,3,6-7,10-13,15H2. The van der Waals surface area contributed by atoms with Gasteiger partial charge in [0.15, 0.2) is 0 Å². The number of nitrogens with zero attached hydrogens (tertiary/aromatic N) is 2. The molecule has 3 heteroatoms. The van der Waals surface area contributed by atoms with Gasteiger partial charge in [0, 0.05) is 31.7 Å². The largest absolute Gasteiger partial charge is 0.337 e. The van der Waals surface area contributed by atoms with Crippen LogP contribution >= 0.6 is 0 Å². The Kier molecular flexibility index (Phi) is 4.04. The maximum absolute atomic E-state index is 12.8. The Morgan fingerprint density at radius 1 is 0.957 bits per heavy atom. The van der Waals surface area contributed by atoms with E-state index in [1.807, 2.05) is 29.2 Å². The lowest BCUT2D eigenvalue weighted by molar-refractivity contribution is 0.0761. The fourth-order valence-corrected chi connectivity index (χ4v) is 3.53. The zero-order valence-electron chi connectivity index (χ0n) is 13.6. The molecule has 0 radical (unpaired) electrons. The second-order valence-corrected chi connectivity index (χ2v) is 6.95. The quantitative estimate of drug-likeness (QED) is 0.867. The summed E-state index contributed by atoms with van der Waals surface area (Å²) in [5.41, 5.74) is 0.819. The number of benzene rings is 2. The molecule has 2 aliphatic rings. The van der Waals surface area contributed by atoms with Crippen LogP contribution in [0, 0.1) is 5.92 Å². The topological polar surface area (TPSA) is 23.6 Å². The summed E-state index contributed by atoms with van der Waals surface area (Å²) in [5.74, 6) is 1.11. The van der Waals surface area contributed by atoms with Gasteiger partial charge in [-0.3, -0.25) is 4.79 Å². The average molecular weight is 308 g/mol. The predicted molar refractivity (Wildman–Crippen MR) is 93.6 cm³/mol. The van der Waals surface area contributed by atoms with Gasteiger partial charge in [-0.2, -0.15) is 0 Å². The van der Waals surface area contributed by atoms with Crippen LogP contribution in [-0.4, -0.2) is 48.4 Å². The fraction of sp³-hybridized carbons (Fsp3) is 0.450. The number of carbonyl (C=O) groups is 1. The highest BCUT2D eigenvalue weighted by molar-refractivity contribution is 5.98. The molecule has 1 aliphatic heterocycles. The van der Waals surface area contributed by atoms with Gasteiger partial charge in [-0.25, -0.2) is 0 Å². The number of carbonyl (C=O) groups excluding carboxylic acids is 1. The molecule has 0 aromatic heterocycles. The predicted octanol–water partition coefficient (Wildman–Crippen LogP) is 3.40. The molecule has 0 atom stereocenters. The second-order valence-electron chi connectivity index (χ2n) is 6.95. The minimum absolute atomic E-state index is 0.184. The molecule has 0 spiro atoms. The van der Waals surface area contributed by atoms with Crippen LogP contribution in [0.3, 0.4) is 0 Å². The first-order valence-corrected chi connectivity index (χ1v) is 8.80. The first-order chi connectivity index (χ1) is 11.3. The highest BCUT2D eigenvalue weighted by Gasteiger charge is 2.26. The van der Waals surface area contributed by atoms with E-state index in [0.29, 0.717) is 0 Å². The summed E-state index contributed by atoms with van der Waals surface area (Å²) < 4.78 is 0. The van der Waals surface area contributed by atoms with Crippen molar-refractivity contribution in [1.82, 2.24) is 9.80 Å². The normalized spacial score (nSPS) is 19.7. The second kappa shape index (κ2) is 6.32. The molecule has 4 rings (SSSR count). The molecule has 1 aliphatic carbocycles. The maximum Gasteiger partial charge on any atom is 0.253 e. The Morgan fingerprint density at radius 3 is 2.61 bits per heavy atom. The van der Waals surface area contributed by atoms with Crippen LogP contribution in [0.25, 0.3) is 10.8 Å². The maximum atomic E-state index is 12.8. The van der Waals surface area contributed by atoms with Gasteiger partial charge in [0.1, 0.15) is 0 Å². The van der Waals surface area contributed by atoms with Gasteiger partial charge < -0.3 is 9.80 Å². The van der Waals surface area contributed by atoms with E-state index in [1.165, 1.54) is 24.8 Å². The Labute approximate surface area is 137 Å². The molecule has 3 nitrogen and oxygen atoms in total. The van der Waals surface area contributed by atoms with Crippen molar-refractivity contribution in [3.05, 3.63) is 48.0 Å². The number of hydrogen-bond donors (Lipinski definition) is 0. The Morgan fingerprint density at radius 2 is 1.78 bits per heavy atom. The highest BCUT2D eigenvalue weighted by Crippen LogP contribution is 2.30. The lowest BCUT2D eigenvalue weighted by Crippen LogP contribution is -2.35. The third kappa shape index (κ3) is 3.40. The third-order valence-corrected chi connectivity index (χ3v) is 5.09. The SMILES string of the molecule is O=C(c1ccc2ccccc2c1)N1CCCN(CC2CC2)CC1. The van der Waals surface area contributed by atoms with Crippen molar-refractivity contribution in [3.8, 4) is 0 Å². The van der Waals surface area contributed by atoms with Crippen molar-refractivity contribution < 1.29 is 4.79 Å². The van der Waals surface area contributed by atoms with E-state index >= 15 is 0 Å².